The molecule has 2 aliphatic heterocycles. The molecule has 180 valence electrons. The maximum absolute atomic E-state index is 13.5. The van der Waals surface area contributed by atoms with Gasteiger partial charge in [0.25, 0.3) is 0 Å². The number of thiazole rings is 1. The second-order valence-corrected chi connectivity index (χ2v) is 10.3. The zero-order valence-corrected chi connectivity index (χ0v) is 20.6. The summed E-state index contributed by atoms with van der Waals surface area (Å²) in [5.41, 5.74) is 4.99. The summed E-state index contributed by atoms with van der Waals surface area (Å²) in [5.74, 6) is -0.607. The summed E-state index contributed by atoms with van der Waals surface area (Å²) in [6.07, 6.45) is 3.58. The largest absolute Gasteiger partial charge is 0.391 e. The van der Waals surface area contributed by atoms with E-state index in [0.29, 0.717) is 13.0 Å². The van der Waals surface area contributed by atoms with E-state index in [9.17, 15) is 19.5 Å². The number of amides is 2. The Morgan fingerprint density at radius 1 is 1.24 bits per heavy atom. The van der Waals surface area contributed by atoms with Crippen molar-refractivity contribution in [1.82, 2.24) is 14.8 Å². The summed E-state index contributed by atoms with van der Waals surface area (Å²) in [6.45, 7) is 6.29. The fourth-order valence-electron chi connectivity index (χ4n) is 4.85. The molecule has 34 heavy (non-hydrogen) atoms. The smallest absolute Gasteiger partial charge is 0.247 e. The maximum Gasteiger partial charge on any atom is 0.247 e. The molecule has 0 radical (unpaired) electrons. The van der Waals surface area contributed by atoms with E-state index in [-0.39, 0.29) is 42.9 Å². The van der Waals surface area contributed by atoms with E-state index in [1.54, 1.807) is 22.3 Å². The van der Waals surface area contributed by atoms with Crippen LogP contribution in [-0.4, -0.2) is 68.8 Å². The molecule has 3 atom stereocenters. The van der Waals surface area contributed by atoms with Crippen molar-refractivity contribution in [3.05, 3.63) is 53.2 Å². The average molecular weight is 482 g/mol. The number of benzene rings is 1. The Hall–Kier alpha value is -2.84. The third-order valence-electron chi connectivity index (χ3n) is 6.62. The first-order valence-corrected chi connectivity index (χ1v) is 12.6. The van der Waals surface area contributed by atoms with Gasteiger partial charge in [-0.15, -0.1) is 11.3 Å². The van der Waals surface area contributed by atoms with Gasteiger partial charge in [0.05, 0.1) is 28.2 Å². The van der Waals surface area contributed by atoms with Crippen molar-refractivity contribution < 1.29 is 19.5 Å². The summed E-state index contributed by atoms with van der Waals surface area (Å²) < 4.78 is 0. The summed E-state index contributed by atoms with van der Waals surface area (Å²) >= 11 is 1.61. The van der Waals surface area contributed by atoms with Crippen LogP contribution in [0.5, 0.6) is 0 Å². The lowest BCUT2D eigenvalue weighted by molar-refractivity contribution is -0.147. The molecule has 2 amide bonds. The molecule has 0 spiro atoms. The van der Waals surface area contributed by atoms with Crippen molar-refractivity contribution in [3.63, 3.8) is 0 Å². The molecule has 1 saturated heterocycles. The minimum Gasteiger partial charge on any atom is -0.391 e. The Labute approximate surface area is 204 Å². The Morgan fingerprint density at radius 3 is 2.56 bits per heavy atom. The van der Waals surface area contributed by atoms with Crippen molar-refractivity contribution >= 4 is 28.9 Å². The molecule has 1 aromatic carbocycles. The summed E-state index contributed by atoms with van der Waals surface area (Å²) in [7, 11) is 0. The number of hydrogen-bond acceptors (Lipinski definition) is 6. The van der Waals surface area contributed by atoms with Crippen molar-refractivity contribution in [3.8, 4) is 10.4 Å². The van der Waals surface area contributed by atoms with Gasteiger partial charge in [-0.05, 0) is 30.4 Å². The normalized spacial score (nSPS) is 21.0. The molecule has 1 aromatic heterocycles. The van der Waals surface area contributed by atoms with Gasteiger partial charge in [-0.2, -0.15) is 0 Å². The van der Waals surface area contributed by atoms with Gasteiger partial charge in [0, 0.05) is 32.0 Å². The van der Waals surface area contributed by atoms with Crippen molar-refractivity contribution in [2.45, 2.75) is 58.2 Å². The first-order valence-electron chi connectivity index (χ1n) is 11.7. The lowest BCUT2D eigenvalue weighted by Crippen LogP contribution is -2.54. The number of nitrogens with zero attached hydrogens (tertiary/aromatic N) is 3. The predicted molar refractivity (Wildman–Crippen MR) is 131 cm³/mol. The van der Waals surface area contributed by atoms with Crippen LogP contribution in [0.1, 0.15) is 37.9 Å². The van der Waals surface area contributed by atoms with Gasteiger partial charge >= 0.3 is 0 Å². The minimum absolute atomic E-state index is 0.0549. The van der Waals surface area contributed by atoms with E-state index < -0.39 is 18.2 Å². The van der Waals surface area contributed by atoms with Crippen molar-refractivity contribution in [2.75, 3.05) is 13.1 Å². The highest BCUT2D eigenvalue weighted by Crippen LogP contribution is 2.28. The first kappa shape index (κ1) is 24.3. The van der Waals surface area contributed by atoms with E-state index in [1.165, 1.54) is 11.0 Å². The minimum atomic E-state index is -0.736. The van der Waals surface area contributed by atoms with Crippen LogP contribution in [0.2, 0.25) is 0 Å². The average Bonchev–Trinajstić information content (AvgIpc) is 3.53. The lowest BCUT2D eigenvalue weighted by atomic mass is 9.98. The number of carbonyl (C=O) groups is 3. The molecular formula is C26H31N3O4S. The van der Waals surface area contributed by atoms with E-state index in [4.69, 9.17) is 0 Å². The molecule has 1 N–H and O–H groups in total. The molecule has 2 aromatic rings. The number of β-amino-alcohol motifs (C(OH)–C–C–N with tert-alkyl or cyclic N) is 1. The van der Waals surface area contributed by atoms with Crippen LogP contribution in [-0.2, 0) is 20.8 Å². The van der Waals surface area contributed by atoms with Crippen LogP contribution in [0.25, 0.3) is 10.4 Å². The lowest BCUT2D eigenvalue weighted by Gasteiger charge is -2.35. The van der Waals surface area contributed by atoms with Crippen LogP contribution >= 0.6 is 11.3 Å². The molecule has 8 heteroatoms. The van der Waals surface area contributed by atoms with E-state index in [0.717, 1.165) is 21.7 Å². The Bertz CT molecular complexity index is 1090. The van der Waals surface area contributed by atoms with E-state index >= 15 is 0 Å². The number of aromatic nitrogens is 1. The third kappa shape index (κ3) is 4.98. The van der Waals surface area contributed by atoms with Gasteiger partial charge in [0.15, 0.2) is 5.78 Å². The molecule has 0 bridgehead atoms. The molecule has 0 unspecified atom stereocenters. The Kier molecular flexibility index (Phi) is 7.28. The highest BCUT2D eigenvalue weighted by atomic mass is 32.1. The van der Waals surface area contributed by atoms with Crippen molar-refractivity contribution in [2.24, 2.45) is 5.92 Å². The molecule has 3 heterocycles. The zero-order chi connectivity index (χ0) is 24.4. The van der Waals surface area contributed by atoms with E-state index in [2.05, 4.69) is 4.98 Å². The summed E-state index contributed by atoms with van der Waals surface area (Å²) in [6, 6.07) is 6.83. The maximum atomic E-state index is 13.5. The zero-order valence-electron chi connectivity index (χ0n) is 19.8. The van der Waals surface area contributed by atoms with E-state index in [1.807, 2.05) is 50.5 Å². The number of Topliss-reactive ketones (excluding diaryl/α,β-unsaturated/α-hetero) is 1. The van der Waals surface area contributed by atoms with Crippen LogP contribution in [0.4, 0.5) is 0 Å². The fraction of sp³-hybridized carbons (Fsp3) is 0.462. The molecule has 7 nitrogen and oxygen atoms in total. The number of carbonyl (C=O) groups excluding carboxylic acids is 3. The Balaban J connectivity index is 1.42. The molecule has 0 aliphatic carbocycles. The summed E-state index contributed by atoms with van der Waals surface area (Å²) in [4.78, 5) is 47.3. The number of ketones is 1. The number of aliphatic hydroxyl groups is 1. The van der Waals surface area contributed by atoms with Crippen molar-refractivity contribution in [1.29, 1.82) is 0 Å². The fourth-order valence-corrected chi connectivity index (χ4v) is 5.66. The molecule has 2 aliphatic rings. The van der Waals surface area contributed by atoms with Gasteiger partial charge in [-0.3, -0.25) is 14.4 Å². The van der Waals surface area contributed by atoms with Gasteiger partial charge in [0.2, 0.25) is 11.8 Å². The molecule has 4 rings (SSSR count). The van der Waals surface area contributed by atoms with Gasteiger partial charge in [-0.25, -0.2) is 4.98 Å². The molecule has 1 fully saturated rings. The highest BCUT2D eigenvalue weighted by Gasteiger charge is 2.43. The number of hydrogen-bond donors (Lipinski definition) is 1. The number of likely N-dealkylation sites (tertiary alicyclic amines) is 1. The number of aryl methyl sites for hydroxylation is 2. The topological polar surface area (TPSA) is 90.8 Å². The number of rotatable bonds is 8. The third-order valence-corrected chi connectivity index (χ3v) is 7.60. The predicted octanol–water partition coefficient (Wildman–Crippen LogP) is 3.01. The second kappa shape index (κ2) is 10.2. The summed E-state index contributed by atoms with van der Waals surface area (Å²) in [5, 5.41) is 10.3. The van der Waals surface area contributed by atoms with Crippen LogP contribution in [0, 0.1) is 12.8 Å². The monoisotopic (exact) mass is 481 g/mol. The van der Waals surface area contributed by atoms with Gasteiger partial charge in [0.1, 0.15) is 6.04 Å². The molecular weight excluding hydrogens is 450 g/mol. The first-order chi connectivity index (χ1) is 16.3. The number of aliphatic hydroxyl groups excluding tert-OH is 1. The highest BCUT2D eigenvalue weighted by molar-refractivity contribution is 7.13. The second-order valence-electron chi connectivity index (χ2n) is 9.41. The van der Waals surface area contributed by atoms with Gasteiger partial charge in [-0.1, -0.05) is 44.2 Å². The van der Waals surface area contributed by atoms with Crippen LogP contribution in [0.3, 0.4) is 0 Å². The van der Waals surface area contributed by atoms with Crippen LogP contribution in [0.15, 0.2) is 41.9 Å². The Morgan fingerprint density at radius 2 is 1.97 bits per heavy atom. The SMILES string of the molecule is Cc1ncsc1-c1ccc(CCC(=O)[C@@H]2C[C@@H](O)CN2C(=O)[C@H](C(C)C)N2CC=CC2=O)cc1. The van der Waals surface area contributed by atoms with Crippen LogP contribution < -0.4 is 0 Å². The quantitative estimate of drug-likeness (QED) is 0.626. The molecule has 0 saturated carbocycles. The van der Waals surface area contributed by atoms with Gasteiger partial charge < -0.3 is 14.9 Å². The standard InChI is InChI=1S/C26H31N3O4S/c1-16(2)24(28-12-4-5-23(28)32)26(33)29-14-20(30)13-21(29)22(31)11-8-18-6-9-19(10-7-18)25-17(3)27-15-34-25/h4-7,9-10,15-16,20-21,24,30H,8,11-14H2,1-3H3/t20-,21+,24+/m1/s1.